The Hall–Kier alpha value is -4.00. The topological polar surface area (TPSA) is 83.7 Å². The van der Waals surface area contributed by atoms with E-state index in [2.05, 4.69) is 0 Å². The van der Waals surface area contributed by atoms with Gasteiger partial charge in [0, 0.05) is 31.7 Å². The van der Waals surface area contributed by atoms with E-state index in [0.29, 0.717) is 18.7 Å². The highest BCUT2D eigenvalue weighted by atomic mass is 19.1. The van der Waals surface area contributed by atoms with Crippen molar-refractivity contribution >= 4 is 17.7 Å². The number of nitrogens with two attached hydrogens (primary N) is 1. The predicted molar refractivity (Wildman–Crippen MR) is 123 cm³/mol. The Labute approximate surface area is 191 Å². The molecule has 1 heterocycles. The van der Waals surface area contributed by atoms with Crippen LogP contribution in [0.4, 0.5) is 4.39 Å². The molecule has 33 heavy (non-hydrogen) atoms. The van der Waals surface area contributed by atoms with Gasteiger partial charge in [0.2, 0.25) is 11.8 Å². The molecule has 6 nitrogen and oxygen atoms in total. The van der Waals surface area contributed by atoms with Gasteiger partial charge in [-0.15, -0.1) is 0 Å². The third-order valence-corrected chi connectivity index (χ3v) is 5.83. The Bertz CT molecular complexity index is 1160. The quantitative estimate of drug-likeness (QED) is 0.613. The molecule has 3 amide bonds. The average Bonchev–Trinajstić information content (AvgIpc) is 2.84. The summed E-state index contributed by atoms with van der Waals surface area (Å²) in [7, 11) is 0. The van der Waals surface area contributed by atoms with Crippen molar-refractivity contribution in [3.05, 3.63) is 95.8 Å². The normalized spacial score (nSPS) is 14.6. The third-order valence-electron chi connectivity index (χ3n) is 5.83. The van der Waals surface area contributed by atoms with Crippen LogP contribution < -0.4 is 5.73 Å². The molecule has 4 rings (SSSR count). The first-order valence-corrected chi connectivity index (χ1v) is 10.7. The molecule has 0 bridgehead atoms. The maximum atomic E-state index is 13.4. The first-order valence-electron chi connectivity index (χ1n) is 10.7. The molecule has 3 aromatic rings. The van der Waals surface area contributed by atoms with Crippen LogP contribution in [0.15, 0.2) is 78.9 Å². The van der Waals surface area contributed by atoms with Gasteiger partial charge in [0.15, 0.2) is 0 Å². The van der Waals surface area contributed by atoms with Crippen LogP contribution in [0.5, 0.6) is 0 Å². The number of halogens is 1. The lowest BCUT2D eigenvalue weighted by atomic mass is 9.94. The molecule has 0 radical (unpaired) electrons. The van der Waals surface area contributed by atoms with Gasteiger partial charge in [-0.3, -0.25) is 14.4 Å². The second-order valence-electron chi connectivity index (χ2n) is 7.95. The van der Waals surface area contributed by atoms with E-state index in [9.17, 15) is 18.8 Å². The fraction of sp³-hybridized carbons (Fsp3) is 0.192. The maximum absolute atomic E-state index is 13.4. The van der Waals surface area contributed by atoms with Crippen LogP contribution in [0.25, 0.3) is 11.1 Å². The monoisotopic (exact) mass is 445 g/mol. The summed E-state index contributed by atoms with van der Waals surface area (Å²) in [5.74, 6) is -2.96. The largest absolute Gasteiger partial charge is 0.369 e. The lowest BCUT2D eigenvalue weighted by molar-refractivity contribution is -0.138. The number of benzene rings is 3. The molecule has 2 N–H and O–H groups in total. The summed E-state index contributed by atoms with van der Waals surface area (Å²) in [6, 6.07) is 22.5. The van der Waals surface area contributed by atoms with E-state index in [1.54, 1.807) is 28.0 Å². The number of rotatable bonds is 5. The van der Waals surface area contributed by atoms with E-state index in [4.69, 9.17) is 5.73 Å². The van der Waals surface area contributed by atoms with Crippen LogP contribution >= 0.6 is 0 Å². The first-order chi connectivity index (χ1) is 15.9. The van der Waals surface area contributed by atoms with Gasteiger partial charge in [0.05, 0.1) is 0 Å². The maximum Gasteiger partial charge on any atom is 0.254 e. The molecule has 168 valence electrons. The van der Waals surface area contributed by atoms with Crippen molar-refractivity contribution in [1.29, 1.82) is 0 Å². The van der Waals surface area contributed by atoms with E-state index in [1.165, 1.54) is 18.2 Å². The third kappa shape index (κ3) is 4.92. The minimum absolute atomic E-state index is 0.267. The number of carbonyl (C=O) groups is 3. The lowest BCUT2D eigenvalue weighted by Gasteiger charge is -2.36. The number of hydrogen-bond acceptors (Lipinski definition) is 3. The highest BCUT2D eigenvalue weighted by molar-refractivity contribution is 6.05. The number of nitrogens with zero attached hydrogens (tertiary/aromatic N) is 2. The van der Waals surface area contributed by atoms with Gasteiger partial charge >= 0.3 is 0 Å². The highest BCUT2D eigenvalue weighted by Crippen LogP contribution is 2.25. The van der Waals surface area contributed by atoms with Crippen molar-refractivity contribution in [2.24, 2.45) is 5.73 Å². The second-order valence-corrected chi connectivity index (χ2v) is 7.95. The Morgan fingerprint density at radius 3 is 1.97 bits per heavy atom. The number of amides is 3. The van der Waals surface area contributed by atoms with Gasteiger partial charge in [0.25, 0.3) is 5.91 Å². The Morgan fingerprint density at radius 1 is 0.758 bits per heavy atom. The van der Waals surface area contributed by atoms with Crippen LogP contribution in [-0.2, 0) is 9.59 Å². The molecule has 1 atom stereocenters. The van der Waals surface area contributed by atoms with Crippen molar-refractivity contribution in [1.82, 2.24) is 9.80 Å². The molecule has 1 aliphatic rings. The minimum atomic E-state index is -1.10. The molecule has 0 aromatic heterocycles. The van der Waals surface area contributed by atoms with E-state index in [-0.39, 0.29) is 30.5 Å². The number of hydrogen-bond donors (Lipinski definition) is 1. The zero-order chi connectivity index (χ0) is 23.4. The molecule has 1 aliphatic heterocycles. The standard InChI is InChI=1S/C26H24FN3O3/c27-22-8-4-7-21(17-22)25(32)29-13-15-30(16-14-29)26(33)23(24(28)31)20-11-9-19(10-12-20)18-5-2-1-3-6-18/h1-12,17,23H,13-16H2,(H2,28,31). The van der Waals surface area contributed by atoms with Crippen LogP contribution in [0.1, 0.15) is 21.8 Å². The molecule has 1 fully saturated rings. The molecule has 0 saturated carbocycles. The Balaban J connectivity index is 1.44. The number of piperazine rings is 1. The fourth-order valence-electron chi connectivity index (χ4n) is 4.04. The highest BCUT2D eigenvalue weighted by Gasteiger charge is 2.33. The van der Waals surface area contributed by atoms with Crippen LogP contribution in [-0.4, -0.2) is 53.7 Å². The summed E-state index contributed by atoms with van der Waals surface area (Å²) in [6.45, 7) is 1.12. The van der Waals surface area contributed by atoms with Crippen molar-refractivity contribution in [2.75, 3.05) is 26.2 Å². The first kappa shape index (κ1) is 22.2. The van der Waals surface area contributed by atoms with Crippen LogP contribution in [0.3, 0.4) is 0 Å². The van der Waals surface area contributed by atoms with E-state index in [0.717, 1.165) is 11.1 Å². The average molecular weight is 445 g/mol. The number of carbonyl (C=O) groups excluding carboxylic acids is 3. The molecule has 1 unspecified atom stereocenters. The van der Waals surface area contributed by atoms with Gasteiger partial charge in [-0.25, -0.2) is 4.39 Å². The predicted octanol–water partition coefficient (Wildman–Crippen LogP) is 3.05. The van der Waals surface area contributed by atoms with Crippen molar-refractivity contribution in [3.8, 4) is 11.1 Å². The van der Waals surface area contributed by atoms with E-state index < -0.39 is 17.6 Å². The summed E-state index contributed by atoms with van der Waals surface area (Å²) in [5, 5.41) is 0. The van der Waals surface area contributed by atoms with Crippen LogP contribution in [0.2, 0.25) is 0 Å². The van der Waals surface area contributed by atoms with Crippen LogP contribution in [0, 0.1) is 5.82 Å². The van der Waals surface area contributed by atoms with Gasteiger partial charge < -0.3 is 15.5 Å². The summed E-state index contributed by atoms with van der Waals surface area (Å²) >= 11 is 0. The fourth-order valence-corrected chi connectivity index (χ4v) is 4.04. The molecular formula is C26H24FN3O3. The molecule has 0 spiro atoms. The van der Waals surface area contributed by atoms with E-state index >= 15 is 0 Å². The molecule has 0 aliphatic carbocycles. The zero-order valence-electron chi connectivity index (χ0n) is 18.0. The lowest BCUT2D eigenvalue weighted by Crippen LogP contribution is -2.52. The molecular weight excluding hydrogens is 421 g/mol. The zero-order valence-corrected chi connectivity index (χ0v) is 18.0. The van der Waals surface area contributed by atoms with Gasteiger partial charge in [-0.05, 0) is 34.9 Å². The van der Waals surface area contributed by atoms with E-state index in [1.807, 2.05) is 42.5 Å². The summed E-state index contributed by atoms with van der Waals surface area (Å²) in [5.41, 5.74) is 8.41. The second kappa shape index (κ2) is 9.65. The van der Waals surface area contributed by atoms with Gasteiger partial charge in [-0.2, -0.15) is 0 Å². The molecule has 3 aromatic carbocycles. The SMILES string of the molecule is NC(=O)C(C(=O)N1CCN(C(=O)c2cccc(F)c2)CC1)c1ccc(-c2ccccc2)cc1. The van der Waals surface area contributed by atoms with Crippen molar-refractivity contribution in [2.45, 2.75) is 5.92 Å². The Morgan fingerprint density at radius 2 is 1.36 bits per heavy atom. The van der Waals surface area contributed by atoms with Gasteiger partial charge in [0.1, 0.15) is 11.7 Å². The smallest absolute Gasteiger partial charge is 0.254 e. The number of primary amides is 1. The van der Waals surface area contributed by atoms with Crippen molar-refractivity contribution in [3.63, 3.8) is 0 Å². The summed E-state index contributed by atoms with van der Waals surface area (Å²) < 4.78 is 13.4. The molecule has 1 saturated heterocycles. The van der Waals surface area contributed by atoms with Crippen molar-refractivity contribution < 1.29 is 18.8 Å². The van der Waals surface area contributed by atoms with Gasteiger partial charge in [-0.1, -0.05) is 60.7 Å². The minimum Gasteiger partial charge on any atom is -0.369 e. The summed E-state index contributed by atoms with van der Waals surface area (Å²) in [6.07, 6.45) is 0. The summed E-state index contributed by atoms with van der Waals surface area (Å²) in [4.78, 5) is 41.1. The molecule has 7 heteroatoms. The Kier molecular flexibility index (Phi) is 6.49.